The number of sulfone groups is 1. The molecule has 3 atom stereocenters. The standard InChI is InChI=1S/C59H78FN15O6S/c1-37-31-74(34-51(76)75-35-59(8,9)52-48(75)25-42(55(77)69(52)10)24-41-12-14-44(60)15-13-41)45(30-61-37)33-72-21-22-73(32-38(72)2)57-62-28-43(29-63-57)56(78)71-19-17-70(18-20-71)16-11-23-81-49-27-47-46(26-50(49)82(79,80)58(5,6)7)54(65-36-64-47)66-53-39(3)40(4)67-68-53/h12-15,25-29,36-38,45,61H,11,16-24,30-35H2,1-10H3,(H2,64,65,66,67,68)/t37-,38?,45-/m1/s1. The number of rotatable bonds is 16. The number of piperazine rings is 3. The smallest absolute Gasteiger partial charge is 0.257 e. The minimum absolute atomic E-state index is 0.00139. The molecule has 1 unspecified atom stereocenters. The van der Waals surface area contributed by atoms with Gasteiger partial charge in [0.15, 0.2) is 15.7 Å². The van der Waals surface area contributed by atoms with Crippen molar-refractivity contribution in [3.8, 4) is 5.75 Å². The molecule has 0 aliphatic carbocycles. The molecule has 2 aromatic carbocycles. The minimum atomic E-state index is -3.84. The molecule has 23 heteroatoms. The van der Waals surface area contributed by atoms with Gasteiger partial charge in [-0.1, -0.05) is 26.0 Å². The van der Waals surface area contributed by atoms with E-state index in [2.05, 4.69) is 78.1 Å². The van der Waals surface area contributed by atoms with Crippen LogP contribution in [-0.2, 0) is 33.5 Å². The molecule has 3 N–H and O–H groups in total. The summed E-state index contributed by atoms with van der Waals surface area (Å²) in [5.74, 6) is 1.41. The van der Waals surface area contributed by atoms with Crippen molar-refractivity contribution < 1.29 is 27.1 Å². The molecular formula is C59H78FN15O6S. The third kappa shape index (κ3) is 12.1. The van der Waals surface area contributed by atoms with Crippen molar-refractivity contribution in [2.45, 2.75) is 108 Å². The van der Waals surface area contributed by atoms with Crippen LogP contribution in [-0.4, -0.2) is 189 Å². The van der Waals surface area contributed by atoms with E-state index in [1.807, 2.05) is 29.7 Å². The molecule has 0 saturated carbocycles. The first-order valence-corrected chi connectivity index (χ1v) is 30.0. The number of benzene rings is 2. The zero-order valence-electron chi connectivity index (χ0n) is 48.9. The summed E-state index contributed by atoms with van der Waals surface area (Å²) in [6.45, 7) is 25.9. The van der Waals surface area contributed by atoms with Crippen LogP contribution in [0.2, 0.25) is 0 Å². The fraction of sp³-hybridized carbons (Fsp3) is 0.525. The summed E-state index contributed by atoms with van der Waals surface area (Å²) in [6, 6.07) is 11.8. The van der Waals surface area contributed by atoms with Crippen LogP contribution in [0.1, 0.15) is 93.3 Å². The quantitative estimate of drug-likeness (QED) is 0.106. The van der Waals surface area contributed by atoms with Gasteiger partial charge in [-0.2, -0.15) is 5.10 Å². The Morgan fingerprint density at radius 2 is 1.65 bits per heavy atom. The molecule has 2 amide bonds. The Morgan fingerprint density at radius 3 is 2.33 bits per heavy atom. The maximum Gasteiger partial charge on any atom is 0.257 e. The number of carbonyl (C=O) groups is 2. The number of carbonyl (C=O) groups excluding carboxylic acids is 2. The summed E-state index contributed by atoms with van der Waals surface area (Å²) < 4.78 is 48.6. The summed E-state index contributed by atoms with van der Waals surface area (Å²) in [6.07, 6.45) is 5.66. The summed E-state index contributed by atoms with van der Waals surface area (Å²) in [4.78, 5) is 73.2. The van der Waals surface area contributed by atoms with Crippen LogP contribution < -0.4 is 30.7 Å². The first kappa shape index (κ1) is 58.3. The zero-order chi connectivity index (χ0) is 58.4. The third-order valence-electron chi connectivity index (χ3n) is 16.8. The lowest BCUT2D eigenvalue weighted by molar-refractivity contribution is -0.120. The van der Waals surface area contributed by atoms with Crippen molar-refractivity contribution >= 4 is 55.8 Å². The number of H-pyrrole nitrogens is 1. The number of nitrogens with zero attached hydrogens (tertiary/aromatic N) is 12. The van der Waals surface area contributed by atoms with Crippen molar-refractivity contribution in [2.24, 2.45) is 7.05 Å². The fourth-order valence-corrected chi connectivity index (χ4v) is 13.2. The van der Waals surface area contributed by atoms with E-state index in [4.69, 9.17) is 14.7 Å². The van der Waals surface area contributed by atoms with Crippen LogP contribution in [0.3, 0.4) is 0 Å². The van der Waals surface area contributed by atoms with Gasteiger partial charge in [0.25, 0.3) is 11.5 Å². The Labute approximate surface area is 479 Å². The molecule has 21 nitrogen and oxygen atoms in total. The Bertz CT molecular complexity index is 3510. The van der Waals surface area contributed by atoms with Gasteiger partial charge >= 0.3 is 0 Å². The van der Waals surface area contributed by atoms with Crippen LogP contribution >= 0.6 is 0 Å². The van der Waals surface area contributed by atoms with E-state index in [1.165, 1.54) is 18.5 Å². The molecule has 6 aromatic rings. The van der Waals surface area contributed by atoms with Crippen LogP contribution in [0, 0.1) is 19.7 Å². The molecular weight excluding hydrogens is 1070 g/mol. The lowest BCUT2D eigenvalue weighted by Crippen LogP contribution is -2.63. The Hall–Kier alpha value is -6.92. The number of anilines is 4. The van der Waals surface area contributed by atoms with Gasteiger partial charge in [0.2, 0.25) is 11.9 Å². The van der Waals surface area contributed by atoms with Crippen molar-refractivity contribution in [3.05, 3.63) is 111 Å². The van der Waals surface area contributed by atoms with Crippen LogP contribution in [0.4, 0.5) is 27.7 Å². The van der Waals surface area contributed by atoms with Gasteiger partial charge in [-0.3, -0.25) is 34.2 Å². The highest BCUT2D eigenvalue weighted by Crippen LogP contribution is 2.41. The molecule has 10 rings (SSSR count). The number of fused-ring (bicyclic) bond motifs is 2. The van der Waals surface area contributed by atoms with Gasteiger partial charge in [-0.05, 0) is 84.7 Å². The van der Waals surface area contributed by atoms with E-state index in [1.54, 1.807) is 69.0 Å². The first-order valence-electron chi connectivity index (χ1n) is 28.5. The second-order valence-corrected chi connectivity index (χ2v) is 27.0. The van der Waals surface area contributed by atoms with Gasteiger partial charge < -0.3 is 34.6 Å². The highest BCUT2D eigenvalue weighted by Gasteiger charge is 2.43. The molecule has 4 aliphatic heterocycles. The topological polar surface area (TPSA) is 223 Å². The van der Waals surface area contributed by atoms with Crippen molar-refractivity contribution in [3.63, 3.8) is 0 Å². The monoisotopic (exact) mass is 1140 g/mol. The van der Waals surface area contributed by atoms with E-state index >= 15 is 0 Å². The number of halogens is 1. The summed E-state index contributed by atoms with van der Waals surface area (Å²) in [5, 5.41) is 14.7. The molecule has 4 aromatic heterocycles. The van der Waals surface area contributed by atoms with Crippen LogP contribution in [0.15, 0.2) is 70.9 Å². The van der Waals surface area contributed by atoms with Crippen LogP contribution in [0.5, 0.6) is 5.75 Å². The molecule has 82 heavy (non-hydrogen) atoms. The molecule has 3 saturated heterocycles. The van der Waals surface area contributed by atoms with E-state index in [9.17, 15) is 27.2 Å². The lowest BCUT2D eigenvalue weighted by Gasteiger charge is -2.45. The van der Waals surface area contributed by atoms with E-state index in [0.29, 0.717) is 105 Å². The van der Waals surface area contributed by atoms with Gasteiger partial charge in [0.1, 0.15) is 28.6 Å². The largest absolute Gasteiger partial charge is 0.492 e. The number of pyridine rings is 1. The number of hydrogen-bond acceptors (Lipinski definition) is 17. The number of ether oxygens (including phenoxy) is 1. The fourth-order valence-electron chi connectivity index (χ4n) is 11.9. The Kier molecular flexibility index (Phi) is 16.6. The van der Waals surface area contributed by atoms with E-state index < -0.39 is 20.0 Å². The van der Waals surface area contributed by atoms with Gasteiger partial charge in [0, 0.05) is 156 Å². The zero-order valence-corrected chi connectivity index (χ0v) is 49.7. The summed E-state index contributed by atoms with van der Waals surface area (Å²) >= 11 is 0. The number of aromatic amines is 1. The highest BCUT2D eigenvalue weighted by atomic mass is 32.2. The number of aryl methyl sites for hydroxylation is 1. The van der Waals surface area contributed by atoms with E-state index in [0.717, 1.165) is 54.4 Å². The average molecular weight is 1140 g/mol. The molecule has 3 fully saturated rings. The number of aromatic nitrogens is 7. The van der Waals surface area contributed by atoms with Crippen molar-refractivity contribution in [1.82, 2.24) is 59.6 Å². The van der Waals surface area contributed by atoms with Crippen molar-refractivity contribution in [2.75, 3.05) is 107 Å². The van der Waals surface area contributed by atoms with Crippen molar-refractivity contribution in [1.29, 1.82) is 0 Å². The number of nitrogens with one attached hydrogen (secondary N) is 3. The third-order valence-corrected chi connectivity index (χ3v) is 19.3. The maximum atomic E-state index is 14.5. The molecule has 8 heterocycles. The highest BCUT2D eigenvalue weighted by molar-refractivity contribution is 7.92. The van der Waals surface area contributed by atoms with Gasteiger partial charge in [-0.25, -0.2) is 32.7 Å². The molecule has 0 radical (unpaired) electrons. The SMILES string of the molecule is Cc1[nH]nc(Nc2ncnc3cc(OCCCN4CCN(C(=O)c5cnc(N6CCN(C[C@H]7CN[C@H](C)CN7CC(=O)N7CC(C)(C)c8c7cc(Cc7ccc(F)cc7)c(=O)n8C)C(C)C6)nc5)CC4)c(S(=O)(=O)C(C)(C)C)cc23)c1C. The normalized spacial score (nSPS) is 20.1. The summed E-state index contributed by atoms with van der Waals surface area (Å²) in [7, 11) is -2.06. The van der Waals surface area contributed by atoms with Crippen LogP contribution in [0.25, 0.3) is 10.9 Å². The lowest BCUT2D eigenvalue weighted by atomic mass is 9.90. The maximum absolute atomic E-state index is 14.5. The van der Waals surface area contributed by atoms with Gasteiger partial charge in [-0.15, -0.1) is 0 Å². The number of amides is 2. The summed E-state index contributed by atoms with van der Waals surface area (Å²) in [5.41, 5.74) is 5.25. The number of hydrogen-bond donors (Lipinski definition) is 3. The predicted molar refractivity (Wildman–Crippen MR) is 315 cm³/mol. The van der Waals surface area contributed by atoms with Gasteiger partial charge in [0.05, 0.1) is 40.4 Å². The molecule has 4 aliphatic rings. The Morgan fingerprint density at radius 1 is 0.915 bits per heavy atom. The molecule has 0 spiro atoms. The minimum Gasteiger partial charge on any atom is -0.492 e. The molecule has 0 bridgehead atoms. The molecule has 438 valence electrons. The average Bonchev–Trinajstić information content (AvgIpc) is 3.87. The van der Waals surface area contributed by atoms with E-state index in [-0.39, 0.29) is 65.1 Å². The second kappa shape index (κ2) is 23.4. The Balaban J connectivity index is 0.701. The second-order valence-electron chi connectivity index (χ2n) is 24.3. The predicted octanol–water partition coefficient (Wildman–Crippen LogP) is 5.23. The first-order chi connectivity index (χ1) is 38.9.